The van der Waals surface area contributed by atoms with Gasteiger partial charge in [-0.15, -0.1) is 5.10 Å². The Balaban J connectivity index is 2.70. The number of amides is 1. The van der Waals surface area contributed by atoms with E-state index in [1.165, 1.54) is 0 Å². The van der Waals surface area contributed by atoms with Crippen LogP contribution in [0.5, 0.6) is 0 Å². The largest absolute Gasteiger partial charge is 0.480 e. The van der Waals surface area contributed by atoms with Gasteiger partial charge in [0, 0.05) is 0 Å². The van der Waals surface area contributed by atoms with Gasteiger partial charge in [0.2, 0.25) is 5.82 Å². The average Bonchev–Trinajstić information content (AvgIpc) is 2.60. The number of nitrogens with one attached hydrogen (secondary N) is 3. The van der Waals surface area contributed by atoms with Crippen LogP contribution in [0.3, 0.4) is 0 Å². The molecule has 15 heavy (non-hydrogen) atoms. The van der Waals surface area contributed by atoms with Crippen LogP contribution in [0.2, 0.25) is 0 Å². The Kier molecular flexibility index (Phi) is 3.21. The predicted molar refractivity (Wildman–Crippen MR) is 48.4 cm³/mol. The maximum absolute atomic E-state index is 11.3. The van der Waals surface area contributed by atoms with Gasteiger partial charge >= 0.3 is 11.7 Å². The van der Waals surface area contributed by atoms with Gasteiger partial charge in [0.1, 0.15) is 6.04 Å². The second-order valence-corrected chi connectivity index (χ2v) is 2.80. The summed E-state index contributed by atoms with van der Waals surface area (Å²) in [4.78, 5) is 34.6. The Hall–Kier alpha value is -2.12. The SMILES string of the molecule is CCC(NC(=O)c1n[nH]c(=O)[nH]1)C(=O)O. The lowest BCUT2D eigenvalue weighted by molar-refractivity contribution is -0.139. The highest BCUT2D eigenvalue weighted by Gasteiger charge is 2.20. The Labute approximate surface area is 83.7 Å². The van der Waals surface area contributed by atoms with Crippen molar-refractivity contribution in [3.63, 3.8) is 0 Å². The third-order valence-corrected chi connectivity index (χ3v) is 1.73. The number of rotatable bonds is 4. The molecule has 0 bridgehead atoms. The molecule has 0 saturated carbocycles. The zero-order valence-corrected chi connectivity index (χ0v) is 7.90. The van der Waals surface area contributed by atoms with E-state index in [-0.39, 0.29) is 12.2 Å². The van der Waals surface area contributed by atoms with Gasteiger partial charge in [0.05, 0.1) is 0 Å². The summed E-state index contributed by atoms with van der Waals surface area (Å²) in [6.07, 6.45) is 0.246. The minimum Gasteiger partial charge on any atom is -0.480 e. The Morgan fingerprint density at radius 2 is 2.27 bits per heavy atom. The van der Waals surface area contributed by atoms with Crippen molar-refractivity contribution in [2.45, 2.75) is 19.4 Å². The Morgan fingerprint density at radius 3 is 2.67 bits per heavy atom. The molecule has 82 valence electrons. The monoisotopic (exact) mass is 214 g/mol. The van der Waals surface area contributed by atoms with E-state index < -0.39 is 23.6 Å². The van der Waals surface area contributed by atoms with Crippen LogP contribution >= 0.6 is 0 Å². The number of aromatic nitrogens is 3. The molecule has 0 fully saturated rings. The fourth-order valence-corrected chi connectivity index (χ4v) is 0.943. The molecule has 4 N–H and O–H groups in total. The third kappa shape index (κ3) is 2.66. The smallest absolute Gasteiger partial charge is 0.341 e. The first-order valence-electron chi connectivity index (χ1n) is 4.23. The molecular formula is C7H10N4O4. The first-order valence-corrected chi connectivity index (χ1v) is 4.23. The fourth-order valence-electron chi connectivity index (χ4n) is 0.943. The molecule has 1 heterocycles. The van der Waals surface area contributed by atoms with Gasteiger partial charge in [0.25, 0.3) is 5.91 Å². The zero-order valence-electron chi connectivity index (χ0n) is 7.90. The van der Waals surface area contributed by atoms with Crippen LogP contribution in [0, 0.1) is 0 Å². The zero-order chi connectivity index (χ0) is 11.4. The molecule has 1 amide bonds. The van der Waals surface area contributed by atoms with E-state index in [2.05, 4.69) is 15.4 Å². The number of hydrogen-bond donors (Lipinski definition) is 4. The first-order chi connectivity index (χ1) is 7.04. The summed E-state index contributed by atoms with van der Waals surface area (Å²) in [6.45, 7) is 1.62. The number of carbonyl (C=O) groups is 2. The summed E-state index contributed by atoms with van der Waals surface area (Å²) in [5.41, 5.74) is -0.622. The molecule has 1 aromatic heterocycles. The molecule has 8 nitrogen and oxygen atoms in total. The van der Waals surface area contributed by atoms with E-state index in [1.54, 1.807) is 6.92 Å². The maximum Gasteiger partial charge on any atom is 0.341 e. The van der Waals surface area contributed by atoms with E-state index in [0.717, 1.165) is 0 Å². The molecule has 0 aliphatic rings. The number of nitrogens with zero attached hydrogens (tertiary/aromatic N) is 1. The molecule has 1 unspecified atom stereocenters. The van der Waals surface area contributed by atoms with Crippen LogP contribution in [-0.4, -0.2) is 38.2 Å². The highest BCUT2D eigenvalue weighted by atomic mass is 16.4. The number of carboxylic acids is 1. The standard InChI is InChI=1S/C7H10N4O4/c1-2-3(6(13)14)8-5(12)4-9-7(15)11-10-4/h3H,2H2,1H3,(H,8,12)(H,13,14)(H2,9,10,11,15). The summed E-state index contributed by atoms with van der Waals surface area (Å²) in [5.74, 6) is -2.11. The van der Waals surface area contributed by atoms with Gasteiger partial charge in [0.15, 0.2) is 0 Å². The summed E-state index contributed by atoms with van der Waals surface area (Å²) < 4.78 is 0. The highest BCUT2D eigenvalue weighted by Crippen LogP contribution is 1.93. The molecule has 1 atom stereocenters. The Bertz CT molecular complexity index is 421. The lowest BCUT2D eigenvalue weighted by Gasteiger charge is -2.09. The van der Waals surface area contributed by atoms with Crippen molar-refractivity contribution in [3.05, 3.63) is 16.3 Å². The topological polar surface area (TPSA) is 128 Å². The van der Waals surface area contributed by atoms with E-state index in [4.69, 9.17) is 5.11 Å². The number of H-pyrrole nitrogens is 2. The third-order valence-electron chi connectivity index (χ3n) is 1.73. The molecule has 1 rings (SSSR count). The fraction of sp³-hybridized carbons (Fsp3) is 0.429. The highest BCUT2D eigenvalue weighted by molar-refractivity contribution is 5.93. The van der Waals surface area contributed by atoms with Crippen molar-refractivity contribution >= 4 is 11.9 Å². The molecular weight excluding hydrogens is 204 g/mol. The van der Waals surface area contributed by atoms with Gasteiger partial charge in [-0.1, -0.05) is 6.92 Å². The lowest BCUT2D eigenvalue weighted by Crippen LogP contribution is -2.40. The van der Waals surface area contributed by atoms with E-state index in [0.29, 0.717) is 0 Å². The minimum atomic E-state index is -1.14. The summed E-state index contributed by atoms with van der Waals surface area (Å²) in [5, 5.41) is 16.2. The van der Waals surface area contributed by atoms with Gasteiger partial charge in [-0.25, -0.2) is 14.7 Å². The maximum atomic E-state index is 11.3. The number of hydrogen-bond acceptors (Lipinski definition) is 4. The molecule has 0 aromatic carbocycles. The van der Waals surface area contributed by atoms with Crippen molar-refractivity contribution in [2.24, 2.45) is 0 Å². The number of carboxylic acid groups (broad SMARTS) is 1. The summed E-state index contributed by atoms with van der Waals surface area (Å²) >= 11 is 0. The molecule has 1 aromatic rings. The van der Waals surface area contributed by atoms with Crippen LogP contribution in [0.15, 0.2) is 4.79 Å². The van der Waals surface area contributed by atoms with Gasteiger partial charge < -0.3 is 10.4 Å². The minimum absolute atomic E-state index is 0.236. The van der Waals surface area contributed by atoms with Crippen LogP contribution < -0.4 is 11.0 Å². The molecule has 0 saturated heterocycles. The lowest BCUT2D eigenvalue weighted by atomic mass is 10.2. The van der Waals surface area contributed by atoms with E-state index in [1.807, 2.05) is 5.10 Å². The van der Waals surface area contributed by atoms with Crippen molar-refractivity contribution in [1.82, 2.24) is 20.5 Å². The predicted octanol–water partition coefficient (Wildman–Crippen LogP) is -1.31. The van der Waals surface area contributed by atoms with E-state index in [9.17, 15) is 14.4 Å². The number of aliphatic carboxylic acids is 1. The molecule has 8 heteroatoms. The van der Waals surface area contributed by atoms with E-state index >= 15 is 0 Å². The van der Waals surface area contributed by atoms with Crippen molar-refractivity contribution in [2.75, 3.05) is 0 Å². The van der Waals surface area contributed by atoms with Crippen molar-refractivity contribution in [1.29, 1.82) is 0 Å². The number of aromatic amines is 2. The molecule has 0 spiro atoms. The van der Waals surface area contributed by atoms with Crippen LogP contribution in [0.4, 0.5) is 0 Å². The van der Waals surface area contributed by atoms with Gasteiger partial charge in [-0.3, -0.25) is 9.78 Å². The van der Waals surface area contributed by atoms with Crippen LogP contribution in [-0.2, 0) is 4.79 Å². The molecule has 0 aliphatic carbocycles. The quantitative estimate of drug-likeness (QED) is 0.494. The van der Waals surface area contributed by atoms with Gasteiger partial charge in [-0.05, 0) is 6.42 Å². The first kappa shape index (κ1) is 11.0. The molecule has 0 aliphatic heterocycles. The van der Waals surface area contributed by atoms with Crippen molar-refractivity contribution in [3.8, 4) is 0 Å². The number of carbonyl (C=O) groups excluding carboxylic acids is 1. The van der Waals surface area contributed by atoms with Crippen molar-refractivity contribution < 1.29 is 14.7 Å². The Morgan fingerprint density at radius 1 is 1.60 bits per heavy atom. The summed E-state index contributed by atoms with van der Waals surface area (Å²) in [7, 11) is 0. The normalized spacial score (nSPS) is 12.1. The second kappa shape index (κ2) is 4.40. The van der Waals surface area contributed by atoms with Gasteiger partial charge in [-0.2, -0.15) is 0 Å². The average molecular weight is 214 g/mol. The second-order valence-electron chi connectivity index (χ2n) is 2.80. The summed E-state index contributed by atoms with van der Waals surface area (Å²) in [6, 6.07) is -0.988. The van der Waals surface area contributed by atoms with Crippen LogP contribution in [0.1, 0.15) is 24.0 Å². The van der Waals surface area contributed by atoms with Crippen LogP contribution in [0.25, 0.3) is 0 Å². The molecule has 0 radical (unpaired) electrons.